The molecule has 0 aromatic heterocycles. The lowest BCUT2D eigenvalue weighted by molar-refractivity contribution is -0.152. The van der Waals surface area contributed by atoms with E-state index in [1.54, 1.807) is 13.8 Å². The summed E-state index contributed by atoms with van der Waals surface area (Å²) < 4.78 is 10.7. The quantitative estimate of drug-likeness (QED) is 0.779. The fourth-order valence-corrected chi connectivity index (χ4v) is 2.29. The summed E-state index contributed by atoms with van der Waals surface area (Å²) in [7, 11) is 0. The fourth-order valence-electron chi connectivity index (χ4n) is 2.29. The van der Waals surface area contributed by atoms with Crippen LogP contribution in [0.5, 0.6) is 5.75 Å². The predicted octanol–water partition coefficient (Wildman–Crippen LogP) is 2.47. The highest BCUT2D eigenvalue weighted by molar-refractivity contribution is 5.79. The van der Waals surface area contributed by atoms with Gasteiger partial charge in [0.25, 0.3) is 0 Å². The Morgan fingerprint density at radius 3 is 2.95 bits per heavy atom. The van der Waals surface area contributed by atoms with E-state index in [9.17, 15) is 10.1 Å². The maximum atomic E-state index is 11.9. The van der Waals surface area contributed by atoms with Crippen LogP contribution >= 0.6 is 0 Å². The van der Waals surface area contributed by atoms with Crippen molar-refractivity contribution in [1.29, 1.82) is 5.26 Å². The number of nitrogens with zero attached hydrogens (tertiary/aromatic N) is 1. The van der Waals surface area contributed by atoms with E-state index in [1.807, 2.05) is 24.3 Å². The van der Waals surface area contributed by atoms with Gasteiger partial charge in [-0.3, -0.25) is 4.79 Å². The molecule has 1 aliphatic rings. The Hall–Kier alpha value is -2.02. The monoisotopic (exact) mass is 259 g/mol. The van der Waals surface area contributed by atoms with Crippen LogP contribution in [0.3, 0.4) is 0 Å². The number of benzene rings is 1. The fraction of sp³-hybridized carbons (Fsp3) is 0.467. The number of rotatable bonds is 4. The lowest BCUT2D eigenvalue weighted by Crippen LogP contribution is -2.34. The summed E-state index contributed by atoms with van der Waals surface area (Å²) in [4.78, 5) is 11.9. The van der Waals surface area contributed by atoms with Crippen LogP contribution in [0.2, 0.25) is 0 Å². The highest BCUT2D eigenvalue weighted by Gasteiger charge is 2.40. The number of ether oxygens (including phenoxy) is 2. The van der Waals surface area contributed by atoms with Gasteiger partial charge in [-0.05, 0) is 25.5 Å². The number of carbonyl (C=O) groups excluding carboxylic acids is 1. The number of hydrogen-bond acceptors (Lipinski definition) is 4. The van der Waals surface area contributed by atoms with Crippen molar-refractivity contribution in [3.8, 4) is 11.8 Å². The zero-order valence-electron chi connectivity index (χ0n) is 11.2. The van der Waals surface area contributed by atoms with Crippen LogP contribution in [0.1, 0.15) is 25.8 Å². The normalized spacial score (nSPS) is 19.7. The van der Waals surface area contributed by atoms with Crippen LogP contribution in [0.25, 0.3) is 0 Å². The summed E-state index contributed by atoms with van der Waals surface area (Å²) in [5.41, 5.74) is -0.0282. The Labute approximate surface area is 112 Å². The average molecular weight is 259 g/mol. The third-order valence-electron chi connectivity index (χ3n) is 3.32. The van der Waals surface area contributed by atoms with Gasteiger partial charge in [0.1, 0.15) is 11.9 Å². The molecule has 0 amide bonds. The number of carbonyl (C=O) groups is 1. The van der Waals surface area contributed by atoms with Crippen molar-refractivity contribution in [1.82, 2.24) is 0 Å². The zero-order valence-corrected chi connectivity index (χ0v) is 11.2. The first kappa shape index (κ1) is 13.4. The molecule has 1 aromatic carbocycles. The van der Waals surface area contributed by atoms with Crippen LogP contribution < -0.4 is 4.74 Å². The van der Waals surface area contributed by atoms with Crippen molar-refractivity contribution in [2.45, 2.75) is 32.8 Å². The molecule has 19 heavy (non-hydrogen) atoms. The highest BCUT2D eigenvalue weighted by Crippen LogP contribution is 2.34. The molecule has 1 aromatic rings. The Morgan fingerprint density at radius 2 is 2.32 bits per heavy atom. The first-order valence-corrected chi connectivity index (χ1v) is 6.42. The first-order valence-electron chi connectivity index (χ1n) is 6.42. The van der Waals surface area contributed by atoms with Gasteiger partial charge in [0.05, 0.1) is 12.7 Å². The van der Waals surface area contributed by atoms with Gasteiger partial charge < -0.3 is 9.47 Å². The van der Waals surface area contributed by atoms with Gasteiger partial charge in [0.15, 0.2) is 5.41 Å². The van der Waals surface area contributed by atoms with Crippen molar-refractivity contribution in [3.05, 3.63) is 29.8 Å². The van der Waals surface area contributed by atoms with E-state index < -0.39 is 11.4 Å². The van der Waals surface area contributed by atoms with Crippen molar-refractivity contribution < 1.29 is 14.3 Å². The molecule has 0 radical (unpaired) electrons. The minimum Gasteiger partial charge on any atom is -0.490 e. The van der Waals surface area contributed by atoms with E-state index in [0.717, 1.165) is 17.7 Å². The minimum absolute atomic E-state index is 0.147. The summed E-state index contributed by atoms with van der Waals surface area (Å²) in [6.45, 7) is 3.62. The third-order valence-corrected chi connectivity index (χ3v) is 3.32. The maximum absolute atomic E-state index is 11.9. The molecule has 4 nitrogen and oxygen atoms in total. The second-order valence-electron chi connectivity index (χ2n) is 4.92. The third kappa shape index (κ3) is 2.70. The summed E-state index contributed by atoms with van der Waals surface area (Å²) >= 11 is 0. The Kier molecular flexibility index (Phi) is 3.75. The van der Waals surface area contributed by atoms with Crippen molar-refractivity contribution in [3.63, 3.8) is 0 Å². The molecule has 0 N–H and O–H groups in total. The van der Waals surface area contributed by atoms with Crippen LogP contribution in [0.4, 0.5) is 0 Å². The van der Waals surface area contributed by atoms with Crippen molar-refractivity contribution >= 4 is 5.97 Å². The molecular weight excluding hydrogens is 242 g/mol. The summed E-state index contributed by atoms with van der Waals surface area (Å²) in [5.74, 6) is 0.369. The Bertz CT molecular complexity index is 495. The molecular formula is C15H17NO3. The highest BCUT2D eigenvalue weighted by atomic mass is 16.5. The topological polar surface area (TPSA) is 59.3 Å². The van der Waals surface area contributed by atoms with E-state index in [4.69, 9.17) is 9.47 Å². The molecule has 2 atom stereocenters. The number of para-hydroxylation sites is 1. The standard InChI is InChI=1S/C15H17NO3/c1-3-18-14(17)15(2,10-16)9-12-8-11-6-4-5-7-13(11)19-12/h4-7,12H,3,8-9H2,1-2H3. The number of nitriles is 1. The molecule has 2 rings (SSSR count). The van der Waals surface area contributed by atoms with E-state index in [2.05, 4.69) is 6.07 Å². The van der Waals surface area contributed by atoms with Crippen LogP contribution in [0, 0.1) is 16.7 Å². The van der Waals surface area contributed by atoms with Crippen LogP contribution in [-0.2, 0) is 16.0 Å². The van der Waals surface area contributed by atoms with Gasteiger partial charge in [-0.1, -0.05) is 18.2 Å². The van der Waals surface area contributed by atoms with Gasteiger partial charge in [0.2, 0.25) is 0 Å². The average Bonchev–Trinajstić information content (AvgIpc) is 2.80. The Balaban J connectivity index is 2.06. The predicted molar refractivity (Wildman–Crippen MR) is 69.5 cm³/mol. The van der Waals surface area contributed by atoms with Crippen LogP contribution in [-0.4, -0.2) is 18.7 Å². The SMILES string of the molecule is CCOC(=O)C(C)(C#N)CC1Cc2ccccc2O1. The Morgan fingerprint density at radius 1 is 1.58 bits per heavy atom. The summed E-state index contributed by atoms with van der Waals surface area (Å²) in [6, 6.07) is 9.84. The van der Waals surface area contributed by atoms with Crippen molar-refractivity contribution in [2.24, 2.45) is 5.41 Å². The summed E-state index contributed by atoms with van der Waals surface area (Å²) in [6.07, 6.45) is 0.926. The van der Waals surface area contributed by atoms with Gasteiger partial charge in [0, 0.05) is 12.8 Å². The smallest absolute Gasteiger partial charge is 0.326 e. The molecule has 0 saturated heterocycles. The molecule has 0 fully saturated rings. The second-order valence-corrected chi connectivity index (χ2v) is 4.92. The number of esters is 1. The molecule has 4 heteroatoms. The van der Waals surface area contributed by atoms with Crippen LogP contribution in [0.15, 0.2) is 24.3 Å². The summed E-state index contributed by atoms with van der Waals surface area (Å²) in [5, 5.41) is 9.25. The number of hydrogen-bond donors (Lipinski definition) is 0. The lowest BCUT2D eigenvalue weighted by Gasteiger charge is -2.22. The van der Waals surface area contributed by atoms with Crippen molar-refractivity contribution in [2.75, 3.05) is 6.61 Å². The zero-order chi connectivity index (χ0) is 13.9. The molecule has 2 unspecified atom stereocenters. The molecule has 0 saturated carbocycles. The van der Waals surface area contributed by atoms with Gasteiger partial charge in [-0.2, -0.15) is 5.26 Å². The molecule has 0 aliphatic carbocycles. The maximum Gasteiger partial charge on any atom is 0.326 e. The number of fused-ring (bicyclic) bond motifs is 1. The molecule has 1 aliphatic heterocycles. The molecule has 0 bridgehead atoms. The van der Waals surface area contributed by atoms with E-state index in [1.165, 1.54) is 0 Å². The van der Waals surface area contributed by atoms with E-state index in [0.29, 0.717) is 6.42 Å². The second kappa shape index (κ2) is 5.31. The molecule has 1 heterocycles. The lowest BCUT2D eigenvalue weighted by atomic mass is 9.85. The first-order chi connectivity index (χ1) is 9.09. The molecule has 0 spiro atoms. The largest absolute Gasteiger partial charge is 0.490 e. The van der Waals surface area contributed by atoms with Gasteiger partial charge >= 0.3 is 5.97 Å². The van der Waals surface area contributed by atoms with E-state index in [-0.39, 0.29) is 12.7 Å². The van der Waals surface area contributed by atoms with E-state index >= 15 is 0 Å². The van der Waals surface area contributed by atoms with Gasteiger partial charge in [-0.15, -0.1) is 0 Å². The molecule has 100 valence electrons. The minimum atomic E-state index is -1.15. The van der Waals surface area contributed by atoms with Gasteiger partial charge in [-0.25, -0.2) is 0 Å².